The van der Waals surface area contributed by atoms with Crippen LogP contribution in [0.5, 0.6) is 11.5 Å². The van der Waals surface area contributed by atoms with Crippen LogP contribution in [0.15, 0.2) is 10.6 Å². The summed E-state index contributed by atoms with van der Waals surface area (Å²) in [4.78, 5) is 0. The molecule has 2 aliphatic heterocycles. The van der Waals surface area contributed by atoms with Crippen molar-refractivity contribution in [2.45, 2.75) is 19.8 Å². The summed E-state index contributed by atoms with van der Waals surface area (Å²) in [6.07, 6.45) is 1.78. The quantitative estimate of drug-likeness (QED) is 0.848. The van der Waals surface area contributed by atoms with Crippen molar-refractivity contribution >= 4 is 5.88 Å². The minimum atomic E-state index is 0.315. The highest BCUT2D eigenvalue weighted by molar-refractivity contribution is 5.80. The number of anilines is 1. The van der Waals surface area contributed by atoms with Gasteiger partial charge in [-0.3, -0.25) is 0 Å². The Hall–Kier alpha value is -2.17. The average Bonchev–Trinajstić information content (AvgIpc) is 3.09. The van der Waals surface area contributed by atoms with Gasteiger partial charge in [-0.05, 0) is 12.5 Å². The van der Waals surface area contributed by atoms with Gasteiger partial charge >= 0.3 is 0 Å². The van der Waals surface area contributed by atoms with E-state index in [1.165, 1.54) is 11.1 Å². The first-order chi connectivity index (χ1) is 9.25. The highest BCUT2D eigenvalue weighted by Gasteiger charge is 2.31. The molecule has 0 saturated heterocycles. The van der Waals surface area contributed by atoms with Crippen LogP contribution in [0.3, 0.4) is 0 Å². The van der Waals surface area contributed by atoms with Gasteiger partial charge in [0, 0.05) is 30.0 Å². The summed E-state index contributed by atoms with van der Waals surface area (Å²) in [7, 11) is 0. The first kappa shape index (κ1) is 10.7. The lowest BCUT2D eigenvalue weighted by Gasteiger charge is -2.13. The van der Waals surface area contributed by atoms with Crippen LogP contribution in [0.1, 0.15) is 16.7 Å². The van der Waals surface area contributed by atoms with E-state index in [1.807, 2.05) is 0 Å². The molecule has 0 fully saturated rings. The number of aromatic nitrogens is 1. The third-order valence-corrected chi connectivity index (χ3v) is 3.85. The summed E-state index contributed by atoms with van der Waals surface area (Å²) in [6, 6.07) is 1.74. The topological polar surface area (TPSA) is 70.5 Å². The number of fused-ring (bicyclic) bond motifs is 2. The Morgan fingerprint density at radius 1 is 1.11 bits per heavy atom. The van der Waals surface area contributed by atoms with E-state index in [0.29, 0.717) is 19.1 Å². The van der Waals surface area contributed by atoms with Gasteiger partial charge in [0.15, 0.2) is 0 Å². The second kappa shape index (κ2) is 3.66. The second-order valence-electron chi connectivity index (χ2n) is 4.93. The predicted octanol–water partition coefficient (Wildman–Crippen LogP) is 2.10. The molecule has 0 radical (unpaired) electrons. The molecule has 1 aromatic carbocycles. The minimum absolute atomic E-state index is 0.315. The van der Waals surface area contributed by atoms with E-state index in [9.17, 15) is 0 Å². The fraction of sp³-hybridized carbons (Fsp3) is 0.357. The fourth-order valence-electron chi connectivity index (χ4n) is 3.02. The van der Waals surface area contributed by atoms with Crippen molar-refractivity contribution < 1.29 is 14.0 Å². The maximum Gasteiger partial charge on any atom is 0.222 e. The molecular formula is C14H14N2O3. The molecule has 1 aromatic heterocycles. The highest BCUT2D eigenvalue weighted by Crippen LogP contribution is 2.48. The molecule has 0 atom stereocenters. The number of hydrogen-bond acceptors (Lipinski definition) is 5. The zero-order valence-corrected chi connectivity index (χ0v) is 10.7. The van der Waals surface area contributed by atoms with Crippen LogP contribution in [-0.4, -0.2) is 18.4 Å². The molecule has 0 unspecified atom stereocenters. The molecule has 5 heteroatoms. The highest BCUT2D eigenvalue weighted by atomic mass is 16.5. The van der Waals surface area contributed by atoms with E-state index in [1.54, 1.807) is 6.07 Å². The van der Waals surface area contributed by atoms with Crippen LogP contribution in [0, 0.1) is 6.92 Å². The molecule has 98 valence electrons. The van der Waals surface area contributed by atoms with Gasteiger partial charge in [0.25, 0.3) is 0 Å². The molecule has 0 bridgehead atoms. The zero-order chi connectivity index (χ0) is 13.0. The lowest BCUT2D eigenvalue weighted by molar-refractivity contribution is 0.354. The molecular weight excluding hydrogens is 244 g/mol. The molecule has 2 N–H and O–H groups in total. The van der Waals surface area contributed by atoms with Gasteiger partial charge < -0.3 is 19.7 Å². The Morgan fingerprint density at radius 3 is 2.58 bits per heavy atom. The van der Waals surface area contributed by atoms with Crippen molar-refractivity contribution in [2.24, 2.45) is 0 Å². The van der Waals surface area contributed by atoms with Crippen molar-refractivity contribution in [1.29, 1.82) is 0 Å². The molecule has 0 saturated carbocycles. The van der Waals surface area contributed by atoms with E-state index >= 15 is 0 Å². The van der Waals surface area contributed by atoms with Gasteiger partial charge in [0.05, 0.1) is 18.8 Å². The number of ether oxygens (including phenoxy) is 2. The Kier molecular flexibility index (Phi) is 2.07. The maximum absolute atomic E-state index is 5.82. The van der Waals surface area contributed by atoms with E-state index in [-0.39, 0.29) is 0 Å². The largest absolute Gasteiger partial charge is 0.493 e. The van der Waals surface area contributed by atoms with Crippen molar-refractivity contribution in [3.8, 4) is 22.8 Å². The molecule has 2 aromatic rings. The van der Waals surface area contributed by atoms with Gasteiger partial charge in [-0.15, -0.1) is 0 Å². The Bertz CT molecular complexity index is 641. The number of hydrogen-bond donors (Lipinski definition) is 1. The van der Waals surface area contributed by atoms with Crippen LogP contribution in [0.25, 0.3) is 11.3 Å². The number of nitrogen functional groups attached to an aromatic ring is 1. The van der Waals surface area contributed by atoms with E-state index in [4.69, 9.17) is 19.7 Å². The SMILES string of the molecule is Cc1c2c(c(-c3cc(N)on3)c3c1OCC3)OCC2. The van der Waals surface area contributed by atoms with Crippen molar-refractivity contribution in [2.75, 3.05) is 18.9 Å². The van der Waals surface area contributed by atoms with Gasteiger partial charge in [0.2, 0.25) is 5.88 Å². The molecule has 3 heterocycles. The minimum Gasteiger partial charge on any atom is -0.493 e. The van der Waals surface area contributed by atoms with E-state index in [2.05, 4.69) is 12.1 Å². The maximum atomic E-state index is 5.82. The van der Waals surface area contributed by atoms with Crippen LogP contribution >= 0.6 is 0 Å². The normalized spacial score (nSPS) is 15.8. The Morgan fingerprint density at radius 2 is 1.84 bits per heavy atom. The zero-order valence-electron chi connectivity index (χ0n) is 10.7. The van der Waals surface area contributed by atoms with Gasteiger partial charge in [-0.1, -0.05) is 5.16 Å². The van der Waals surface area contributed by atoms with Crippen LogP contribution < -0.4 is 15.2 Å². The second-order valence-corrected chi connectivity index (χ2v) is 4.93. The number of benzene rings is 1. The predicted molar refractivity (Wildman–Crippen MR) is 69.5 cm³/mol. The third-order valence-electron chi connectivity index (χ3n) is 3.85. The molecule has 4 rings (SSSR count). The third kappa shape index (κ3) is 1.38. The monoisotopic (exact) mass is 258 g/mol. The van der Waals surface area contributed by atoms with Crippen molar-refractivity contribution in [3.63, 3.8) is 0 Å². The summed E-state index contributed by atoms with van der Waals surface area (Å²) < 4.78 is 16.6. The Balaban J connectivity index is 2.05. The molecule has 19 heavy (non-hydrogen) atoms. The van der Waals surface area contributed by atoms with Gasteiger partial charge in [-0.2, -0.15) is 0 Å². The van der Waals surface area contributed by atoms with E-state index in [0.717, 1.165) is 41.2 Å². The number of nitrogens with zero attached hydrogens (tertiary/aromatic N) is 1. The van der Waals surface area contributed by atoms with E-state index < -0.39 is 0 Å². The summed E-state index contributed by atoms with van der Waals surface area (Å²) >= 11 is 0. The first-order valence-corrected chi connectivity index (χ1v) is 6.42. The lowest BCUT2D eigenvalue weighted by Crippen LogP contribution is -1.95. The summed E-state index contributed by atoms with van der Waals surface area (Å²) in [5, 5.41) is 4.04. The molecule has 5 nitrogen and oxygen atoms in total. The van der Waals surface area contributed by atoms with Crippen LogP contribution in [0.2, 0.25) is 0 Å². The molecule has 0 aliphatic carbocycles. The Labute approximate surface area is 110 Å². The molecule has 0 spiro atoms. The first-order valence-electron chi connectivity index (χ1n) is 6.42. The lowest BCUT2D eigenvalue weighted by atomic mass is 9.93. The van der Waals surface area contributed by atoms with Crippen molar-refractivity contribution in [1.82, 2.24) is 5.16 Å². The average molecular weight is 258 g/mol. The number of rotatable bonds is 1. The smallest absolute Gasteiger partial charge is 0.222 e. The molecule has 2 aliphatic rings. The fourth-order valence-corrected chi connectivity index (χ4v) is 3.02. The van der Waals surface area contributed by atoms with Gasteiger partial charge in [0.1, 0.15) is 17.2 Å². The standard InChI is InChI=1S/C14H14N2O3/c1-7-8-2-4-18-14(8)12(9-3-5-17-13(7)9)10-6-11(15)19-16-10/h6H,2-5,15H2,1H3. The summed E-state index contributed by atoms with van der Waals surface area (Å²) in [5.41, 5.74) is 10.9. The molecule has 0 amide bonds. The van der Waals surface area contributed by atoms with Crippen molar-refractivity contribution in [3.05, 3.63) is 22.8 Å². The number of nitrogens with two attached hydrogens (primary N) is 1. The summed E-state index contributed by atoms with van der Waals surface area (Å²) in [6.45, 7) is 3.51. The summed E-state index contributed by atoms with van der Waals surface area (Å²) in [5.74, 6) is 2.23. The van der Waals surface area contributed by atoms with Crippen LogP contribution in [0.4, 0.5) is 5.88 Å². The van der Waals surface area contributed by atoms with Crippen LogP contribution in [-0.2, 0) is 12.8 Å². The van der Waals surface area contributed by atoms with Gasteiger partial charge in [-0.25, -0.2) is 0 Å².